The van der Waals surface area contributed by atoms with Crippen LogP contribution in [0.3, 0.4) is 0 Å². The van der Waals surface area contributed by atoms with E-state index in [2.05, 4.69) is 20.6 Å². The van der Waals surface area contributed by atoms with Crippen molar-refractivity contribution >= 4 is 11.7 Å². The molecule has 1 amide bonds. The summed E-state index contributed by atoms with van der Waals surface area (Å²) in [5, 5.41) is 6.51. The molecule has 1 aliphatic rings. The van der Waals surface area contributed by atoms with Gasteiger partial charge in [0.1, 0.15) is 17.9 Å². The van der Waals surface area contributed by atoms with Crippen LogP contribution in [-0.2, 0) is 6.54 Å². The lowest BCUT2D eigenvalue weighted by Gasteiger charge is -2.23. The van der Waals surface area contributed by atoms with Crippen molar-refractivity contribution in [2.45, 2.75) is 44.7 Å². The van der Waals surface area contributed by atoms with Crippen LogP contribution in [0.5, 0.6) is 5.75 Å². The van der Waals surface area contributed by atoms with E-state index in [0.29, 0.717) is 18.2 Å². The van der Waals surface area contributed by atoms with Crippen LogP contribution in [-0.4, -0.2) is 29.0 Å². The number of rotatable bonds is 7. The molecule has 2 N–H and O–H groups in total. The summed E-state index contributed by atoms with van der Waals surface area (Å²) >= 11 is 0. The number of aromatic nitrogens is 2. The van der Waals surface area contributed by atoms with E-state index < -0.39 is 0 Å². The van der Waals surface area contributed by atoms with Gasteiger partial charge in [0, 0.05) is 29.8 Å². The minimum atomic E-state index is -0.118. The fraction of sp³-hybridized carbons (Fsp3) is 0.320. The number of benzene rings is 2. The standard InChI is InChI=1S/C25H28N4O2/c1-31-22-12-10-18(11-13-22)16-26-25(30)20-7-5-6-19(14-20)23-15-24(28-17-27-23)29-21-8-3-2-4-9-21/h5-7,10-15,17,21H,2-4,8-9,16H2,1H3,(H,26,30)(H,27,28,29). The molecule has 0 unspecified atom stereocenters. The molecule has 2 aromatic carbocycles. The summed E-state index contributed by atoms with van der Waals surface area (Å²) in [4.78, 5) is 21.5. The van der Waals surface area contributed by atoms with Gasteiger partial charge in [0.25, 0.3) is 5.91 Å². The van der Waals surface area contributed by atoms with Gasteiger partial charge >= 0.3 is 0 Å². The Morgan fingerprint density at radius 2 is 1.84 bits per heavy atom. The first kappa shape index (κ1) is 20.8. The fourth-order valence-corrected chi connectivity index (χ4v) is 3.90. The van der Waals surface area contributed by atoms with Gasteiger partial charge in [0.05, 0.1) is 12.8 Å². The number of anilines is 1. The van der Waals surface area contributed by atoms with Gasteiger partial charge < -0.3 is 15.4 Å². The summed E-state index contributed by atoms with van der Waals surface area (Å²) in [6.45, 7) is 0.454. The number of ether oxygens (including phenoxy) is 1. The number of nitrogens with one attached hydrogen (secondary N) is 2. The number of methoxy groups -OCH3 is 1. The average Bonchev–Trinajstić information content (AvgIpc) is 2.84. The van der Waals surface area contributed by atoms with E-state index in [1.54, 1.807) is 13.4 Å². The van der Waals surface area contributed by atoms with Gasteiger partial charge in [-0.05, 0) is 42.7 Å². The number of carbonyl (C=O) groups excluding carboxylic acids is 1. The second-order valence-electron chi connectivity index (χ2n) is 7.88. The summed E-state index contributed by atoms with van der Waals surface area (Å²) in [5.74, 6) is 1.52. The zero-order valence-corrected chi connectivity index (χ0v) is 17.8. The van der Waals surface area contributed by atoms with Crippen molar-refractivity contribution in [1.82, 2.24) is 15.3 Å². The molecule has 6 nitrogen and oxygen atoms in total. The van der Waals surface area contributed by atoms with Crippen LogP contribution in [0.2, 0.25) is 0 Å². The van der Waals surface area contributed by atoms with E-state index in [1.807, 2.05) is 54.6 Å². The number of carbonyl (C=O) groups is 1. The molecular weight excluding hydrogens is 388 g/mol. The summed E-state index contributed by atoms with van der Waals surface area (Å²) in [6.07, 6.45) is 7.80. The number of amides is 1. The van der Waals surface area contributed by atoms with Gasteiger partial charge in [-0.15, -0.1) is 0 Å². The van der Waals surface area contributed by atoms with E-state index in [0.717, 1.165) is 28.4 Å². The molecule has 0 saturated heterocycles. The maximum atomic E-state index is 12.7. The Morgan fingerprint density at radius 1 is 1.03 bits per heavy atom. The Labute approximate surface area is 183 Å². The molecular formula is C25H28N4O2. The van der Waals surface area contributed by atoms with Crippen LogP contribution in [0.4, 0.5) is 5.82 Å². The summed E-state index contributed by atoms with van der Waals surface area (Å²) in [6, 6.07) is 17.6. The Kier molecular flexibility index (Phi) is 6.77. The zero-order valence-electron chi connectivity index (χ0n) is 17.8. The predicted molar refractivity (Wildman–Crippen MR) is 122 cm³/mol. The molecule has 0 bridgehead atoms. The maximum absolute atomic E-state index is 12.7. The van der Waals surface area contributed by atoms with Gasteiger partial charge in [0.2, 0.25) is 0 Å². The molecule has 0 radical (unpaired) electrons. The summed E-state index contributed by atoms with van der Waals surface area (Å²) in [5.41, 5.74) is 3.32. The molecule has 6 heteroatoms. The smallest absolute Gasteiger partial charge is 0.251 e. The van der Waals surface area contributed by atoms with Gasteiger partial charge in [-0.1, -0.05) is 43.5 Å². The minimum Gasteiger partial charge on any atom is -0.497 e. The molecule has 0 aliphatic heterocycles. The second kappa shape index (κ2) is 10.1. The quantitative estimate of drug-likeness (QED) is 0.577. The largest absolute Gasteiger partial charge is 0.497 e. The zero-order chi connectivity index (χ0) is 21.5. The van der Waals surface area contributed by atoms with Crippen LogP contribution >= 0.6 is 0 Å². The molecule has 1 aliphatic carbocycles. The van der Waals surface area contributed by atoms with Crippen molar-refractivity contribution in [3.8, 4) is 17.0 Å². The molecule has 3 aromatic rings. The first-order valence-corrected chi connectivity index (χ1v) is 10.8. The van der Waals surface area contributed by atoms with Crippen molar-refractivity contribution in [2.24, 2.45) is 0 Å². The summed E-state index contributed by atoms with van der Waals surface area (Å²) < 4.78 is 5.17. The minimum absolute atomic E-state index is 0.118. The molecule has 0 spiro atoms. The normalized spacial score (nSPS) is 14.1. The molecule has 160 valence electrons. The van der Waals surface area contributed by atoms with Crippen LogP contribution < -0.4 is 15.4 Å². The Balaban J connectivity index is 1.42. The highest BCUT2D eigenvalue weighted by Crippen LogP contribution is 2.24. The van der Waals surface area contributed by atoms with Crippen molar-refractivity contribution in [2.75, 3.05) is 12.4 Å². The fourth-order valence-electron chi connectivity index (χ4n) is 3.90. The van der Waals surface area contributed by atoms with E-state index in [4.69, 9.17) is 4.74 Å². The van der Waals surface area contributed by atoms with E-state index >= 15 is 0 Å². The van der Waals surface area contributed by atoms with E-state index in [-0.39, 0.29) is 5.91 Å². The highest BCUT2D eigenvalue weighted by molar-refractivity contribution is 5.95. The maximum Gasteiger partial charge on any atom is 0.251 e. The third-order valence-corrected chi connectivity index (χ3v) is 5.66. The highest BCUT2D eigenvalue weighted by Gasteiger charge is 2.14. The molecule has 0 atom stereocenters. The Hall–Kier alpha value is -3.41. The Bertz CT molecular complexity index is 1010. The lowest BCUT2D eigenvalue weighted by Crippen LogP contribution is -2.23. The van der Waals surface area contributed by atoms with Gasteiger partial charge in [-0.3, -0.25) is 4.79 Å². The number of hydrogen-bond acceptors (Lipinski definition) is 5. The Morgan fingerprint density at radius 3 is 2.61 bits per heavy atom. The van der Waals surface area contributed by atoms with Crippen molar-refractivity contribution < 1.29 is 9.53 Å². The van der Waals surface area contributed by atoms with Crippen LogP contribution in [0.15, 0.2) is 60.9 Å². The van der Waals surface area contributed by atoms with Crippen LogP contribution in [0.1, 0.15) is 48.0 Å². The third-order valence-electron chi connectivity index (χ3n) is 5.66. The van der Waals surface area contributed by atoms with Gasteiger partial charge in [0.15, 0.2) is 0 Å². The third kappa shape index (κ3) is 5.60. The topological polar surface area (TPSA) is 76.1 Å². The molecule has 4 rings (SSSR count). The first-order valence-electron chi connectivity index (χ1n) is 10.8. The van der Waals surface area contributed by atoms with Crippen molar-refractivity contribution in [1.29, 1.82) is 0 Å². The van der Waals surface area contributed by atoms with E-state index in [9.17, 15) is 4.79 Å². The lowest BCUT2D eigenvalue weighted by molar-refractivity contribution is 0.0951. The first-order chi connectivity index (χ1) is 15.2. The van der Waals surface area contributed by atoms with Gasteiger partial charge in [-0.25, -0.2) is 9.97 Å². The van der Waals surface area contributed by atoms with Gasteiger partial charge in [-0.2, -0.15) is 0 Å². The highest BCUT2D eigenvalue weighted by atomic mass is 16.5. The van der Waals surface area contributed by atoms with E-state index in [1.165, 1.54) is 32.1 Å². The molecule has 1 saturated carbocycles. The molecule has 1 fully saturated rings. The SMILES string of the molecule is COc1ccc(CNC(=O)c2cccc(-c3cc(NC4CCCCC4)ncn3)c2)cc1. The number of nitrogens with zero attached hydrogens (tertiary/aromatic N) is 2. The monoisotopic (exact) mass is 416 g/mol. The molecule has 1 heterocycles. The molecule has 1 aromatic heterocycles. The number of hydrogen-bond donors (Lipinski definition) is 2. The van der Waals surface area contributed by atoms with Crippen LogP contribution in [0.25, 0.3) is 11.3 Å². The second-order valence-corrected chi connectivity index (χ2v) is 7.88. The lowest BCUT2D eigenvalue weighted by atomic mass is 9.95. The summed E-state index contributed by atoms with van der Waals surface area (Å²) in [7, 11) is 1.64. The van der Waals surface area contributed by atoms with Crippen LogP contribution in [0, 0.1) is 0 Å². The van der Waals surface area contributed by atoms with Crippen molar-refractivity contribution in [3.05, 3.63) is 72.1 Å². The average molecular weight is 417 g/mol. The molecule has 31 heavy (non-hydrogen) atoms. The predicted octanol–water partition coefficient (Wildman–Crippen LogP) is 4.83. The van der Waals surface area contributed by atoms with Crippen molar-refractivity contribution in [3.63, 3.8) is 0 Å².